The summed E-state index contributed by atoms with van der Waals surface area (Å²) in [4.78, 5) is 0. The third kappa shape index (κ3) is 2.83. The molecule has 1 atom stereocenters. The van der Waals surface area contributed by atoms with Gasteiger partial charge in [-0.3, -0.25) is 0 Å². The summed E-state index contributed by atoms with van der Waals surface area (Å²) in [6.45, 7) is 1.81. The molecule has 0 saturated carbocycles. The zero-order chi connectivity index (χ0) is 14.0. The molecular weight excluding hydrogens is 331 g/mol. The second-order valence-corrected chi connectivity index (χ2v) is 5.70. The van der Waals surface area contributed by atoms with E-state index in [4.69, 9.17) is 11.6 Å². The Morgan fingerprint density at radius 1 is 1.26 bits per heavy atom. The van der Waals surface area contributed by atoms with E-state index in [0.29, 0.717) is 17.0 Å². The molecule has 1 unspecified atom stereocenters. The van der Waals surface area contributed by atoms with Crippen molar-refractivity contribution in [2.24, 2.45) is 0 Å². The quantitative estimate of drug-likeness (QED) is 0.841. The van der Waals surface area contributed by atoms with Crippen LogP contribution in [0.15, 0.2) is 46.9 Å². The van der Waals surface area contributed by atoms with Gasteiger partial charge in [-0.1, -0.05) is 52.7 Å². The molecule has 0 saturated heterocycles. The van der Waals surface area contributed by atoms with Crippen LogP contribution < -0.4 is 0 Å². The maximum atomic E-state index is 14.1. The van der Waals surface area contributed by atoms with Gasteiger partial charge in [0.15, 0.2) is 0 Å². The summed E-state index contributed by atoms with van der Waals surface area (Å²) < 4.78 is 14.9. The van der Waals surface area contributed by atoms with Crippen LogP contribution in [0, 0.1) is 5.82 Å². The van der Waals surface area contributed by atoms with Crippen LogP contribution in [0.2, 0.25) is 5.02 Å². The van der Waals surface area contributed by atoms with E-state index in [0.717, 1.165) is 4.47 Å². The first-order valence-electron chi connectivity index (χ1n) is 5.91. The van der Waals surface area contributed by atoms with Gasteiger partial charge in [-0.2, -0.15) is 0 Å². The molecule has 0 radical (unpaired) electrons. The molecule has 0 aliphatic rings. The van der Waals surface area contributed by atoms with Crippen molar-refractivity contribution in [3.05, 3.63) is 68.9 Å². The predicted octanol–water partition coefficient (Wildman–Crippen LogP) is 4.89. The zero-order valence-corrected chi connectivity index (χ0v) is 12.7. The molecule has 0 aliphatic carbocycles. The average Bonchev–Trinajstić information content (AvgIpc) is 2.38. The van der Waals surface area contributed by atoms with Crippen LogP contribution in [-0.4, -0.2) is 5.11 Å². The second-order valence-electron chi connectivity index (χ2n) is 4.35. The summed E-state index contributed by atoms with van der Waals surface area (Å²) in [5, 5.41) is 11.2. The Kier molecular flexibility index (Phi) is 4.29. The molecular formula is C15H13BrClFO. The van der Waals surface area contributed by atoms with Crippen LogP contribution in [0.5, 0.6) is 0 Å². The average molecular weight is 344 g/mol. The first-order chi connectivity index (χ1) is 8.97. The van der Waals surface area contributed by atoms with Crippen LogP contribution in [0.3, 0.4) is 0 Å². The SMILES string of the molecule is CCC(O)(c1cccc(Br)c1)c1ccc(Cl)cc1F. The van der Waals surface area contributed by atoms with Crippen molar-refractivity contribution in [3.63, 3.8) is 0 Å². The fourth-order valence-corrected chi connectivity index (χ4v) is 2.68. The lowest BCUT2D eigenvalue weighted by Crippen LogP contribution is -2.27. The van der Waals surface area contributed by atoms with Crippen LogP contribution >= 0.6 is 27.5 Å². The highest BCUT2D eigenvalue weighted by Gasteiger charge is 2.32. The first-order valence-corrected chi connectivity index (χ1v) is 7.08. The Balaban J connectivity index is 2.59. The van der Waals surface area contributed by atoms with Gasteiger partial charge in [-0.05, 0) is 36.2 Å². The number of hydrogen-bond donors (Lipinski definition) is 1. The molecule has 1 N–H and O–H groups in total. The van der Waals surface area contributed by atoms with Crippen LogP contribution in [0.1, 0.15) is 24.5 Å². The number of benzene rings is 2. The lowest BCUT2D eigenvalue weighted by Gasteiger charge is -2.28. The lowest BCUT2D eigenvalue weighted by atomic mass is 9.84. The summed E-state index contributed by atoms with van der Waals surface area (Å²) in [5.74, 6) is -0.503. The van der Waals surface area contributed by atoms with Gasteiger partial charge in [0, 0.05) is 15.1 Å². The molecule has 0 amide bonds. The maximum Gasteiger partial charge on any atom is 0.131 e. The summed E-state index contributed by atoms with van der Waals surface area (Å²) in [6.07, 6.45) is 0.363. The molecule has 0 spiro atoms. The van der Waals surface area contributed by atoms with Crippen molar-refractivity contribution in [1.29, 1.82) is 0 Å². The minimum atomic E-state index is -1.36. The maximum absolute atomic E-state index is 14.1. The highest BCUT2D eigenvalue weighted by atomic mass is 79.9. The first kappa shape index (κ1) is 14.5. The summed E-state index contributed by atoms with van der Waals surface area (Å²) >= 11 is 9.11. The molecule has 0 aromatic heterocycles. The van der Waals surface area contributed by atoms with E-state index in [9.17, 15) is 9.50 Å². The molecule has 0 aliphatic heterocycles. The predicted molar refractivity (Wildman–Crippen MR) is 78.8 cm³/mol. The van der Waals surface area contributed by atoms with Gasteiger partial charge in [-0.25, -0.2) is 4.39 Å². The van der Waals surface area contributed by atoms with Crippen LogP contribution in [0.25, 0.3) is 0 Å². The van der Waals surface area contributed by atoms with Gasteiger partial charge in [0.1, 0.15) is 11.4 Å². The minimum Gasteiger partial charge on any atom is -0.380 e. The van der Waals surface area contributed by atoms with Crippen molar-refractivity contribution in [3.8, 4) is 0 Å². The molecule has 1 nitrogen and oxygen atoms in total. The standard InChI is InChI=1S/C15H13BrClFO/c1-2-15(19,10-4-3-5-11(16)8-10)13-7-6-12(17)9-14(13)18/h3-9,19H,2H2,1H3. The molecule has 0 heterocycles. The topological polar surface area (TPSA) is 20.2 Å². The number of hydrogen-bond acceptors (Lipinski definition) is 1. The monoisotopic (exact) mass is 342 g/mol. The zero-order valence-electron chi connectivity index (χ0n) is 10.3. The fraction of sp³-hybridized carbons (Fsp3) is 0.200. The normalized spacial score (nSPS) is 14.2. The molecule has 2 aromatic rings. The molecule has 0 bridgehead atoms. The summed E-state index contributed by atoms with van der Waals surface area (Å²) in [6, 6.07) is 11.6. The van der Waals surface area contributed by atoms with E-state index in [-0.39, 0.29) is 5.56 Å². The van der Waals surface area contributed by atoms with E-state index < -0.39 is 11.4 Å². The molecule has 4 heteroatoms. The smallest absolute Gasteiger partial charge is 0.131 e. The van der Waals surface area contributed by atoms with Gasteiger partial charge in [0.2, 0.25) is 0 Å². The van der Waals surface area contributed by atoms with Crippen molar-refractivity contribution >= 4 is 27.5 Å². The summed E-state index contributed by atoms with van der Waals surface area (Å²) in [5.41, 5.74) is -0.485. The molecule has 100 valence electrons. The second kappa shape index (κ2) is 5.61. The Morgan fingerprint density at radius 2 is 2.00 bits per heavy atom. The van der Waals surface area contributed by atoms with Gasteiger partial charge in [0.05, 0.1) is 0 Å². The Labute approximate surface area is 125 Å². The lowest BCUT2D eigenvalue weighted by molar-refractivity contribution is 0.0725. The Bertz CT molecular complexity index is 602. The molecule has 19 heavy (non-hydrogen) atoms. The fourth-order valence-electron chi connectivity index (χ4n) is 2.12. The van der Waals surface area contributed by atoms with E-state index >= 15 is 0 Å². The van der Waals surface area contributed by atoms with Gasteiger partial charge >= 0.3 is 0 Å². The third-order valence-corrected chi connectivity index (χ3v) is 3.92. The number of rotatable bonds is 3. The van der Waals surface area contributed by atoms with E-state index in [2.05, 4.69) is 15.9 Å². The van der Waals surface area contributed by atoms with Crippen LogP contribution in [0.4, 0.5) is 4.39 Å². The molecule has 2 rings (SSSR count). The third-order valence-electron chi connectivity index (χ3n) is 3.19. The number of halogens is 3. The van der Waals surface area contributed by atoms with Crippen molar-refractivity contribution in [1.82, 2.24) is 0 Å². The van der Waals surface area contributed by atoms with E-state index in [1.807, 2.05) is 19.1 Å². The van der Waals surface area contributed by atoms with E-state index in [1.54, 1.807) is 18.2 Å². The molecule has 2 aromatic carbocycles. The largest absolute Gasteiger partial charge is 0.380 e. The highest BCUT2D eigenvalue weighted by molar-refractivity contribution is 9.10. The highest BCUT2D eigenvalue weighted by Crippen LogP contribution is 2.36. The van der Waals surface area contributed by atoms with Gasteiger partial charge < -0.3 is 5.11 Å². The van der Waals surface area contributed by atoms with Crippen molar-refractivity contribution < 1.29 is 9.50 Å². The van der Waals surface area contributed by atoms with Crippen LogP contribution in [-0.2, 0) is 5.60 Å². The van der Waals surface area contributed by atoms with Crippen molar-refractivity contribution in [2.75, 3.05) is 0 Å². The minimum absolute atomic E-state index is 0.234. The van der Waals surface area contributed by atoms with E-state index in [1.165, 1.54) is 12.1 Å². The Morgan fingerprint density at radius 3 is 2.58 bits per heavy atom. The van der Waals surface area contributed by atoms with Gasteiger partial charge in [-0.15, -0.1) is 0 Å². The number of aliphatic hydroxyl groups is 1. The summed E-state index contributed by atoms with van der Waals surface area (Å²) in [7, 11) is 0. The molecule has 0 fully saturated rings. The van der Waals surface area contributed by atoms with Crippen molar-refractivity contribution in [2.45, 2.75) is 18.9 Å². The Hall–Kier alpha value is -0.900. The van der Waals surface area contributed by atoms with Gasteiger partial charge in [0.25, 0.3) is 0 Å².